The van der Waals surface area contributed by atoms with Gasteiger partial charge in [0.1, 0.15) is 6.54 Å². The smallest absolute Gasteiger partial charge is 0.251 e. The zero-order chi connectivity index (χ0) is 21.3. The minimum atomic E-state index is -0.294. The van der Waals surface area contributed by atoms with Gasteiger partial charge < -0.3 is 20.1 Å². The molecule has 2 aromatic rings. The van der Waals surface area contributed by atoms with Crippen molar-refractivity contribution in [1.29, 1.82) is 0 Å². The number of unbranched alkanes of at least 4 members (excludes halogenated alkanes) is 1. The number of carbonyl (C=O) groups is 2. The normalized spacial score (nSPS) is 13.9. The monoisotopic (exact) mass is 410 g/mol. The fraction of sp³-hybridized carbons (Fsp3) is 0.435. The summed E-state index contributed by atoms with van der Waals surface area (Å²) < 4.78 is 1.37. The van der Waals surface area contributed by atoms with Crippen LogP contribution >= 0.6 is 0 Å². The predicted octanol–water partition coefficient (Wildman–Crippen LogP) is 2.40. The van der Waals surface area contributed by atoms with Crippen LogP contribution in [0.25, 0.3) is 0 Å². The zero-order valence-corrected chi connectivity index (χ0v) is 17.5. The van der Waals surface area contributed by atoms with Gasteiger partial charge in [-0.15, -0.1) is 0 Å². The Balaban J connectivity index is 1.41. The van der Waals surface area contributed by atoms with E-state index >= 15 is 0 Å². The van der Waals surface area contributed by atoms with E-state index in [4.69, 9.17) is 0 Å². The van der Waals surface area contributed by atoms with Crippen molar-refractivity contribution < 1.29 is 9.59 Å². The number of rotatable bonds is 9. The highest BCUT2D eigenvalue weighted by molar-refractivity contribution is 5.95. The van der Waals surface area contributed by atoms with Crippen LogP contribution in [0.2, 0.25) is 0 Å². The first-order chi connectivity index (χ1) is 14.5. The number of carbonyl (C=O) groups excluding carboxylic acids is 2. The van der Waals surface area contributed by atoms with Gasteiger partial charge in [0.2, 0.25) is 5.91 Å². The summed E-state index contributed by atoms with van der Waals surface area (Å²) in [5.74, 6) is -0.404. The highest BCUT2D eigenvalue weighted by atomic mass is 16.2. The van der Waals surface area contributed by atoms with Crippen molar-refractivity contribution in [1.82, 2.24) is 14.8 Å². The van der Waals surface area contributed by atoms with Crippen molar-refractivity contribution in [3.8, 4) is 0 Å². The number of amides is 2. The average molecular weight is 411 g/mol. The molecule has 1 saturated heterocycles. The first kappa shape index (κ1) is 21.8. The van der Waals surface area contributed by atoms with Crippen LogP contribution < -0.4 is 16.2 Å². The minimum Gasteiger partial charge on any atom is -0.352 e. The molecule has 30 heavy (non-hydrogen) atoms. The number of anilines is 1. The van der Waals surface area contributed by atoms with Gasteiger partial charge in [0.05, 0.1) is 0 Å². The van der Waals surface area contributed by atoms with Gasteiger partial charge in [-0.2, -0.15) is 0 Å². The van der Waals surface area contributed by atoms with E-state index in [1.807, 2.05) is 6.92 Å². The third-order valence-electron chi connectivity index (χ3n) is 5.26. The molecule has 0 atom stereocenters. The van der Waals surface area contributed by atoms with Gasteiger partial charge in [-0.25, -0.2) is 0 Å². The Hall–Kier alpha value is -2.93. The van der Waals surface area contributed by atoms with Crippen molar-refractivity contribution in [2.75, 3.05) is 31.5 Å². The average Bonchev–Trinajstić information content (AvgIpc) is 3.24. The highest BCUT2D eigenvalue weighted by Gasteiger charge is 2.11. The number of hydrogen-bond donors (Lipinski definition) is 2. The van der Waals surface area contributed by atoms with Crippen molar-refractivity contribution >= 4 is 17.5 Å². The molecule has 0 radical (unpaired) electrons. The lowest BCUT2D eigenvalue weighted by atomic mass is 10.2. The summed E-state index contributed by atoms with van der Waals surface area (Å²) in [5, 5.41) is 5.70. The summed E-state index contributed by atoms with van der Waals surface area (Å²) in [6.45, 7) is 5.99. The number of aryl methyl sites for hydroxylation is 1. The predicted molar refractivity (Wildman–Crippen MR) is 118 cm³/mol. The summed E-state index contributed by atoms with van der Waals surface area (Å²) in [6.07, 6.45) is 6.32. The summed E-state index contributed by atoms with van der Waals surface area (Å²) in [7, 11) is 0. The second-order valence-electron chi connectivity index (χ2n) is 7.81. The molecule has 1 aromatic heterocycles. The number of pyridine rings is 1. The maximum absolute atomic E-state index is 12.3. The van der Waals surface area contributed by atoms with E-state index in [-0.39, 0.29) is 23.9 Å². The Morgan fingerprint density at radius 2 is 1.73 bits per heavy atom. The van der Waals surface area contributed by atoms with Gasteiger partial charge >= 0.3 is 0 Å². The molecule has 0 spiro atoms. The molecule has 2 N–H and O–H groups in total. The number of likely N-dealkylation sites (tertiary alicyclic amines) is 1. The second-order valence-corrected chi connectivity index (χ2v) is 7.81. The lowest BCUT2D eigenvalue weighted by Crippen LogP contribution is -2.27. The Labute approximate surface area is 177 Å². The topological polar surface area (TPSA) is 83.4 Å². The van der Waals surface area contributed by atoms with Crippen LogP contribution in [-0.4, -0.2) is 47.5 Å². The highest BCUT2D eigenvalue weighted by Crippen LogP contribution is 2.10. The lowest BCUT2D eigenvalue weighted by molar-refractivity contribution is -0.116. The molecule has 7 nitrogen and oxygen atoms in total. The summed E-state index contributed by atoms with van der Waals surface area (Å²) in [4.78, 5) is 38.8. The molecular weight excluding hydrogens is 380 g/mol. The van der Waals surface area contributed by atoms with Gasteiger partial charge in [-0.05, 0) is 82.1 Å². The van der Waals surface area contributed by atoms with E-state index < -0.39 is 0 Å². The number of nitrogens with one attached hydrogen (secondary N) is 2. The van der Waals surface area contributed by atoms with E-state index in [0.717, 1.165) is 24.9 Å². The van der Waals surface area contributed by atoms with E-state index in [2.05, 4.69) is 15.5 Å². The molecule has 0 saturated carbocycles. The summed E-state index contributed by atoms with van der Waals surface area (Å²) in [6, 6.07) is 9.93. The molecule has 7 heteroatoms. The molecule has 2 amide bonds. The first-order valence-corrected chi connectivity index (χ1v) is 10.6. The van der Waals surface area contributed by atoms with E-state index in [1.165, 1.54) is 36.6 Å². The quantitative estimate of drug-likeness (QED) is 0.622. The van der Waals surface area contributed by atoms with Crippen LogP contribution in [0.5, 0.6) is 0 Å². The molecule has 1 aliphatic heterocycles. The van der Waals surface area contributed by atoms with E-state index in [1.54, 1.807) is 36.5 Å². The number of nitrogens with zero attached hydrogens (tertiary/aromatic N) is 2. The lowest BCUT2D eigenvalue weighted by Gasteiger charge is -2.14. The third-order valence-corrected chi connectivity index (χ3v) is 5.26. The van der Waals surface area contributed by atoms with E-state index in [9.17, 15) is 14.4 Å². The summed E-state index contributed by atoms with van der Waals surface area (Å²) >= 11 is 0. The standard InChI is InChI=1S/C23H30N4O3/c1-18-6-11-22(29)27(16-18)17-21(28)25-20-9-7-19(8-10-20)23(30)24-12-2-3-13-26-14-4-5-15-26/h6-11,16H,2-5,12-15,17H2,1H3,(H,24,30)(H,25,28). The van der Waals surface area contributed by atoms with Crippen molar-refractivity contribution in [2.45, 2.75) is 39.2 Å². The molecular formula is C23H30N4O3. The van der Waals surface area contributed by atoms with Crippen LogP contribution in [0.3, 0.4) is 0 Å². The fourth-order valence-electron chi connectivity index (χ4n) is 3.61. The second kappa shape index (κ2) is 10.7. The third kappa shape index (κ3) is 6.56. The largest absolute Gasteiger partial charge is 0.352 e. The fourth-order valence-corrected chi connectivity index (χ4v) is 3.61. The molecule has 1 aliphatic rings. The maximum Gasteiger partial charge on any atom is 0.251 e. The Kier molecular flexibility index (Phi) is 7.79. The summed E-state index contributed by atoms with van der Waals surface area (Å²) in [5.41, 5.74) is 1.84. The van der Waals surface area contributed by atoms with Crippen LogP contribution in [0, 0.1) is 6.92 Å². The number of benzene rings is 1. The van der Waals surface area contributed by atoms with Gasteiger partial charge in [-0.1, -0.05) is 6.07 Å². The van der Waals surface area contributed by atoms with Gasteiger partial charge in [0, 0.05) is 30.1 Å². The van der Waals surface area contributed by atoms with E-state index in [0.29, 0.717) is 17.8 Å². The zero-order valence-electron chi connectivity index (χ0n) is 17.5. The Morgan fingerprint density at radius 1 is 1.00 bits per heavy atom. The first-order valence-electron chi connectivity index (χ1n) is 10.6. The number of aromatic nitrogens is 1. The molecule has 160 valence electrons. The van der Waals surface area contributed by atoms with Gasteiger partial charge in [-0.3, -0.25) is 14.4 Å². The van der Waals surface area contributed by atoms with Gasteiger partial charge in [0.15, 0.2) is 0 Å². The minimum absolute atomic E-state index is 0.0554. The van der Waals surface area contributed by atoms with Crippen molar-refractivity contribution in [3.05, 3.63) is 64.1 Å². The SMILES string of the molecule is Cc1ccc(=O)n(CC(=O)Nc2ccc(C(=O)NCCCCN3CCCC3)cc2)c1. The number of hydrogen-bond acceptors (Lipinski definition) is 4. The molecule has 0 unspecified atom stereocenters. The Morgan fingerprint density at radius 3 is 2.47 bits per heavy atom. The molecule has 0 aliphatic carbocycles. The van der Waals surface area contributed by atoms with Crippen LogP contribution in [-0.2, 0) is 11.3 Å². The molecule has 2 heterocycles. The molecule has 3 rings (SSSR count). The molecule has 0 bridgehead atoms. The van der Waals surface area contributed by atoms with Crippen LogP contribution in [0.1, 0.15) is 41.6 Å². The Bertz CT molecular complexity index is 915. The van der Waals surface area contributed by atoms with Crippen molar-refractivity contribution in [3.63, 3.8) is 0 Å². The van der Waals surface area contributed by atoms with Crippen LogP contribution in [0.15, 0.2) is 47.4 Å². The van der Waals surface area contributed by atoms with Crippen molar-refractivity contribution in [2.24, 2.45) is 0 Å². The van der Waals surface area contributed by atoms with Crippen LogP contribution in [0.4, 0.5) is 5.69 Å². The molecule has 1 aromatic carbocycles. The molecule has 1 fully saturated rings. The van der Waals surface area contributed by atoms with Gasteiger partial charge in [0.25, 0.3) is 11.5 Å². The maximum atomic E-state index is 12.3.